The Kier molecular flexibility index (Phi) is 4.76. The number of nitrogens with zero attached hydrogens (tertiary/aromatic N) is 1. The van der Waals surface area contributed by atoms with Crippen molar-refractivity contribution in [2.75, 3.05) is 18.8 Å². The minimum atomic E-state index is -3.57. The molecule has 0 saturated heterocycles. The van der Waals surface area contributed by atoms with E-state index >= 15 is 0 Å². The first kappa shape index (κ1) is 14.6. The van der Waals surface area contributed by atoms with Crippen LogP contribution in [0.15, 0.2) is 23.1 Å². The molecule has 0 aromatic heterocycles. The number of rotatable bonds is 5. The number of nitrogens with two attached hydrogens (primary N) is 1. The van der Waals surface area contributed by atoms with Gasteiger partial charge in [0.15, 0.2) is 0 Å². The van der Waals surface area contributed by atoms with E-state index in [1.165, 1.54) is 10.4 Å². The van der Waals surface area contributed by atoms with Crippen LogP contribution >= 0.6 is 0 Å². The highest BCUT2D eigenvalue weighted by Gasteiger charge is 2.24. The van der Waals surface area contributed by atoms with Crippen LogP contribution < -0.4 is 5.73 Å². The maximum absolute atomic E-state index is 12.5. The van der Waals surface area contributed by atoms with Crippen LogP contribution in [0, 0.1) is 19.3 Å². The third-order valence-corrected chi connectivity index (χ3v) is 4.56. The molecule has 4 nitrogen and oxygen atoms in total. The Morgan fingerprint density at radius 1 is 1.44 bits per heavy atom. The van der Waals surface area contributed by atoms with Crippen molar-refractivity contribution < 1.29 is 8.42 Å². The molecule has 1 aromatic rings. The van der Waals surface area contributed by atoms with Gasteiger partial charge in [-0.25, -0.2) is 8.42 Å². The molecule has 0 spiro atoms. The van der Waals surface area contributed by atoms with Crippen molar-refractivity contribution in [3.63, 3.8) is 0 Å². The number of aryl methyl sites for hydroxylation is 1. The third kappa shape index (κ3) is 3.03. The van der Waals surface area contributed by atoms with Crippen molar-refractivity contribution in [2.45, 2.75) is 25.2 Å². The molecule has 1 rings (SSSR count). The molecular formula is C13H18N2O2S. The summed E-state index contributed by atoms with van der Waals surface area (Å²) >= 11 is 0. The minimum Gasteiger partial charge on any atom is -0.399 e. The molecule has 1 aromatic carbocycles. The van der Waals surface area contributed by atoms with Crippen LogP contribution in [0.1, 0.15) is 18.9 Å². The molecule has 0 bridgehead atoms. The summed E-state index contributed by atoms with van der Waals surface area (Å²) in [7, 11) is -3.57. The maximum atomic E-state index is 12.5. The van der Waals surface area contributed by atoms with Gasteiger partial charge in [-0.3, -0.25) is 0 Å². The molecule has 0 amide bonds. The first-order chi connectivity index (χ1) is 8.43. The van der Waals surface area contributed by atoms with Gasteiger partial charge < -0.3 is 5.73 Å². The predicted octanol–water partition coefficient (Wildman–Crippen LogP) is 1.61. The smallest absolute Gasteiger partial charge is 0.244 e. The normalized spacial score (nSPS) is 11.4. The zero-order valence-electron chi connectivity index (χ0n) is 10.7. The summed E-state index contributed by atoms with van der Waals surface area (Å²) in [6.07, 6.45) is 5.93. The van der Waals surface area contributed by atoms with Gasteiger partial charge in [0.25, 0.3) is 0 Å². The monoisotopic (exact) mass is 266 g/mol. The summed E-state index contributed by atoms with van der Waals surface area (Å²) in [4.78, 5) is 0.228. The molecule has 5 heteroatoms. The molecule has 18 heavy (non-hydrogen) atoms. The average Bonchev–Trinajstić information content (AvgIpc) is 2.32. The van der Waals surface area contributed by atoms with E-state index < -0.39 is 10.0 Å². The second-order valence-corrected chi connectivity index (χ2v) is 5.97. The molecule has 0 aliphatic rings. The second-order valence-electron chi connectivity index (χ2n) is 4.07. The molecule has 0 unspecified atom stereocenters. The van der Waals surface area contributed by atoms with Gasteiger partial charge in [0, 0.05) is 12.2 Å². The summed E-state index contributed by atoms with van der Waals surface area (Å²) in [5.74, 6) is 2.38. The number of terminal acetylenes is 1. The summed E-state index contributed by atoms with van der Waals surface area (Å²) in [6.45, 7) is 4.13. The Hall–Kier alpha value is -1.51. The largest absolute Gasteiger partial charge is 0.399 e. The molecule has 0 aliphatic carbocycles. The zero-order chi connectivity index (χ0) is 13.8. The number of hydrogen-bond acceptors (Lipinski definition) is 3. The fourth-order valence-corrected chi connectivity index (χ4v) is 3.37. The molecule has 0 fully saturated rings. The molecule has 0 saturated carbocycles. The van der Waals surface area contributed by atoms with Crippen LogP contribution in [0.3, 0.4) is 0 Å². The Morgan fingerprint density at radius 3 is 2.67 bits per heavy atom. The van der Waals surface area contributed by atoms with Crippen molar-refractivity contribution in [3.8, 4) is 12.3 Å². The molecule has 0 atom stereocenters. The molecule has 0 radical (unpaired) electrons. The maximum Gasteiger partial charge on any atom is 0.244 e. The lowest BCUT2D eigenvalue weighted by Gasteiger charge is -2.20. The highest BCUT2D eigenvalue weighted by molar-refractivity contribution is 7.89. The van der Waals surface area contributed by atoms with E-state index in [-0.39, 0.29) is 11.4 Å². The lowest BCUT2D eigenvalue weighted by Crippen LogP contribution is -2.32. The average molecular weight is 266 g/mol. The zero-order valence-corrected chi connectivity index (χ0v) is 11.5. The van der Waals surface area contributed by atoms with E-state index in [9.17, 15) is 8.42 Å². The summed E-state index contributed by atoms with van der Waals surface area (Å²) in [5, 5.41) is 0. The van der Waals surface area contributed by atoms with Crippen molar-refractivity contribution in [2.24, 2.45) is 0 Å². The van der Waals surface area contributed by atoms with Crippen LogP contribution in [-0.4, -0.2) is 25.8 Å². The first-order valence-electron chi connectivity index (χ1n) is 5.73. The van der Waals surface area contributed by atoms with Crippen LogP contribution in [0.2, 0.25) is 0 Å². The predicted molar refractivity (Wildman–Crippen MR) is 73.5 cm³/mol. The number of anilines is 1. The van der Waals surface area contributed by atoms with Crippen LogP contribution in [0.5, 0.6) is 0 Å². The number of sulfonamides is 1. The quantitative estimate of drug-likeness (QED) is 0.650. The Labute approximate surface area is 109 Å². The van der Waals surface area contributed by atoms with Crippen molar-refractivity contribution in [1.82, 2.24) is 4.31 Å². The fourth-order valence-electron chi connectivity index (χ4n) is 1.67. The van der Waals surface area contributed by atoms with Gasteiger partial charge in [-0.05, 0) is 31.0 Å². The van der Waals surface area contributed by atoms with E-state index in [2.05, 4.69) is 5.92 Å². The van der Waals surface area contributed by atoms with E-state index in [4.69, 9.17) is 12.2 Å². The molecule has 0 aliphatic heterocycles. The molecule has 2 N–H and O–H groups in total. The third-order valence-electron chi connectivity index (χ3n) is 2.57. The Balaban J connectivity index is 3.26. The van der Waals surface area contributed by atoms with E-state index in [0.717, 1.165) is 0 Å². The van der Waals surface area contributed by atoms with Gasteiger partial charge in [-0.1, -0.05) is 18.9 Å². The number of nitrogen functional groups attached to an aromatic ring is 1. The van der Waals surface area contributed by atoms with Crippen molar-refractivity contribution >= 4 is 15.7 Å². The van der Waals surface area contributed by atoms with E-state index in [0.29, 0.717) is 24.2 Å². The van der Waals surface area contributed by atoms with Crippen LogP contribution in [0.4, 0.5) is 5.69 Å². The van der Waals surface area contributed by atoms with Gasteiger partial charge in [0.1, 0.15) is 0 Å². The summed E-state index contributed by atoms with van der Waals surface area (Å²) in [5.41, 5.74) is 6.74. The van der Waals surface area contributed by atoms with Crippen LogP contribution in [-0.2, 0) is 10.0 Å². The lowest BCUT2D eigenvalue weighted by atomic mass is 10.2. The molecule has 0 heterocycles. The van der Waals surface area contributed by atoms with Crippen molar-refractivity contribution in [3.05, 3.63) is 23.8 Å². The van der Waals surface area contributed by atoms with Gasteiger partial charge in [0.05, 0.1) is 11.4 Å². The molecule has 98 valence electrons. The van der Waals surface area contributed by atoms with Gasteiger partial charge in [-0.2, -0.15) is 4.31 Å². The standard InChI is InChI=1S/C13H18N2O2S/c1-4-8-15(9-5-2)18(16,17)13-10-12(14)7-6-11(13)3/h1,6-7,10H,5,8-9,14H2,2-3H3. The van der Waals surface area contributed by atoms with Gasteiger partial charge in [-0.15, -0.1) is 6.42 Å². The first-order valence-corrected chi connectivity index (χ1v) is 7.17. The van der Waals surface area contributed by atoms with E-state index in [1.54, 1.807) is 19.1 Å². The second kappa shape index (κ2) is 5.89. The minimum absolute atomic E-state index is 0.0738. The highest BCUT2D eigenvalue weighted by Crippen LogP contribution is 2.22. The van der Waals surface area contributed by atoms with Crippen LogP contribution in [0.25, 0.3) is 0 Å². The lowest BCUT2D eigenvalue weighted by molar-refractivity contribution is 0.445. The fraction of sp³-hybridized carbons (Fsp3) is 0.385. The Morgan fingerprint density at radius 2 is 2.11 bits per heavy atom. The SMILES string of the molecule is C#CCN(CCC)S(=O)(=O)c1cc(N)ccc1C. The summed E-state index contributed by atoms with van der Waals surface area (Å²) < 4.78 is 26.2. The van der Waals surface area contributed by atoms with Crippen molar-refractivity contribution in [1.29, 1.82) is 0 Å². The topological polar surface area (TPSA) is 63.4 Å². The number of benzene rings is 1. The number of hydrogen-bond donors (Lipinski definition) is 1. The van der Waals surface area contributed by atoms with Gasteiger partial charge >= 0.3 is 0 Å². The molecular weight excluding hydrogens is 248 g/mol. The highest BCUT2D eigenvalue weighted by atomic mass is 32.2. The van der Waals surface area contributed by atoms with Gasteiger partial charge in [0.2, 0.25) is 10.0 Å². The van der Waals surface area contributed by atoms with E-state index in [1.807, 2.05) is 6.92 Å². The summed E-state index contributed by atoms with van der Waals surface area (Å²) in [6, 6.07) is 4.85. The Bertz CT molecular complexity index is 559.